The van der Waals surface area contributed by atoms with Gasteiger partial charge in [0.2, 0.25) is 11.8 Å². The Kier molecular flexibility index (Phi) is 11.3. The first kappa shape index (κ1) is 28.1. The lowest BCUT2D eigenvalue weighted by molar-refractivity contribution is -0.119. The number of hydrogen-bond acceptors (Lipinski definition) is 7. The minimum atomic E-state index is -0.651. The zero-order chi connectivity index (χ0) is 26.5. The van der Waals surface area contributed by atoms with Crippen molar-refractivity contribution in [2.45, 2.75) is 37.8 Å². The van der Waals surface area contributed by atoms with Gasteiger partial charge >= 0.3 is 6.09 Å². The molecule has 3 amide bonds. The number of benzene rings is 2. The van der Waals surface area contributed by atoms with E-state index in [1.165, 1.54) is 14.2 Å². The van der Waals surface area contributed by atoms with E-state index in [9.17, 15) is 14.4 Å². The van der Waals surface area contributed by atoms with Crippen LogP contribution >= 0.6 is 0 Å². The molecular weight excluding hydrogens is 476 g/mol. The fraction of sp³-hybridized carbons (Fsp3) is 0.444. The van der Waals surface area contributed by atoms with Gasteiger partial charge in [-0.25, -0.2) is 4.79 Å². The standard InChI is InChI=1S/C27H36N4O6/c1-35-18-26(33)31-24-10-6-3-7-19(24)11-13-21-17-37-22(15-28-21)14-12-20-8-4-5-9-23(20)30-25(32)16-29-27(34)36-2/h3-10,21-22,28H,11-18H2,1-2H3,(H,29,34)(H,30,32)(H,31,33). The first-order chi connectivity index (χ1) is 18.0. The Morgan fingerprint density at radius 3 is 2.14 bits per heavy atom. The number of ether oxygens (including phenoxy) is 3. The van der Waals surface area contributed by atoms with Gasteiger partial charge in [0.15, 0.2) is 0 Å². The second-order valence-electron chi connectivity index (χ2n) is 8.83. The first-order valence-corrected chi connectivity index (χ1v) is 12.4. The number of nitrogens with one attached hydrogen (secondary N) is 4. The molecule has 200 valence electrons. The molecule has 2 atom stereocenters. The Balaban J connectivity index is 1.42. The number of hydrogen-bond donors (Lipinski definition) is 4. The summed E-state index contributed by atoms with van der Waals surface area (Å²) >= 11 is 0. The molecule has 0 aliphatic carbocycles. The fourth-order valence-corrected chi connectivity index (χ4v) is 4.14. The number of rotatable bonds is 12. The molecule has 0 bridgehead atoms. The largest absolute Gasteiger partial charge is 0.453 e. The molecule has 1 aliphatic heterocycles. The van der Waals surface area contributed by atoms with Crippen molar-refractivity contribution in [2.24, 2.45) is 0 Å². The van der Waals surface area contributed by atoms with Crippen LogP contribution in [0.2, 0.25) is 0 Å². The van der Waals surface area contributed by atoms with Crippen LogP contribution in [0, 0.1) is 0 Å². The Labute approximate surface area is 217 Å². The van der Waals surface area contributed by atoms with E-state index in [-0.39, 0.29) is 37.1 Å². The summed E-state index contributed by atoms with van der Waals surface area (Å²) in [6.45, 7) is 1.22. The summed E-state index contributed by atoms with van der Waals surface area (Å²) in [6, 6.07) is 15.6. The van der Waals surface area contributed by atoms with E-state index in [1.54, 1.807) is 0 Å². The third-order valence-corrected chi connectivity index (χ3v) is 6.10. The Hall–Kier alpha value is -3.47. The fourth-order valence-electron chi connectivity index (χ4n) is 4.14. The molecule has 0 spiro atoms. The summed E-state index contributed by atoms with van der Waals surface area (Å²) in [6.07, 6.45) is 2.67. The molecule has 2 aromatic carbocycles. The smallest absolute Gasteiger partial charge is 0.407 e. The maximum atomic E-state index is 12.2. The van der Waals surface area contributed by atoms with Gasteiger partial charge in [-0.1, -0.05) is 36.4 Å². The van der Waals surface area contributed by atoms with Gasteiger partial charge in [0.05, 0.1) is 19.8 Å². The molecule has 10 heteroatoms. The summed E-state index contributed by atoms with van der Waals surface area (Å²) in [4.78, 5) is 35.2. The van der Waals surface area contributed by atoms with Crippen LogP contribution in [0.25, 0.3) is 0 Å². The molecule has 10 nitrogen and oxygen atoms in total. The minimum Gasteiger partial charge on any atom is -0.453 e. The van der Waals surface area contributed by atoms with E-state index in [0.29, 0.717) is 6.61 Å². The van der Waals surface area contributed by atoms with Gasteiger partial charge < -0.3 is 35.5 Å². The van der Waals surface area contributed by atoms with Crippen molar-refractivity contribution < 1.29 is 28.6 Å². The molecule has 0 radical (unpaired) electrons. The summed E-state index contributed by atoms with van der Waals surface area (Å²) < 4.78 is 15.5. The molecule has 0 aromatic heterocycles. The van der Waals surface area contributed by atoms with Crippen LogP contribution in [0.1, 0.15) is 24.0 Å². The number of methoxy groups -OCH3 is 2. The summed E-state index contributed by atoms with van der Waals surface area (Å²) in [7, 11) is 2.75. The summed E-state index contributed by atoms with van der Waals surface area (Å²) in [5.41, 5.74) is 3.62. The van der Waals surface area contributed by atoms with Crippen LogP contribution in [0.3, 0.4) is 0 Å². The van der Waals surface area contributed by atoms with Gasteiger partial charge in [-0.2, -0.15) is 0 Å². The third-order valence-electron chi connectivity index (χ3n) is 6.10. The van der Waals surface area contributed by atoms with Crippen LogP contribution in [0.5, 0.6) is 0 Å². The molecule has 2 aromatic rings. The van der Waals surface area contributed by atoms with Crippen LogP contribution in [-0.2, 0) is 36.6 Å². The monoisotopic (exact) mass is 512 g/mol. The molecule has 4 N–H and O–H groups in total. The molecular formula is C27H36N4O6. The van der Waals surface area contributed by atoms with Crippen LogP contribution < -0.4 is 21.3 Å². The topological polar surface area (TPSA) is 127 Å². The zero-order valence-corrected chi connectivity index (χ0v) is 21.4. The predicted octanol–water partition coefficient (Wildman–Crippen LogP) is 2.49. The maximum Gasteiger partial charge on any atom is 0.407 e. The number of alkyl carbamates (subject to hydrolysis) is 1. The van der Waals surface area contributed by atoms with E-state index in [4.69, 9.17) is 9.47 Å². The van der Waals surface area contributed by atoms with Crippen molar-refractivity contribution in [1.29, 1.82) is 0 Å². The molecule has 1 heterocycles. The SMILES string of the molecule is COCC(=O)Nc1ccccc1CCC1COC(CCc2ccccc2NC(=O)CNC(=O)OC)CN1. The van der Waals surface area contributed by atoms with E-state index in [1.807, 2.05) is 48.5 Å². The molecule has 1 aliphatic rings. The van der Waals surface area contributed by atoms with Crippen molar-refractivity contribution in [1.82, 2.24) is 10.6 Å². The number of carbonyl (C=O) groups excluding carboxylic acids is 3. The normalized spacial score (nSPS) is 17.0. The number of anilines is 2. The lowest BCUT2D eigenvalue weighted by Gasteiger charge is -2.31. The van der Waals surface area contributed by atoms with Gasteiger partial charge in [0.1, 0.15) is 13.2 Å². The van der Waals surface area contributed by atoms with Gasteiger partial charge in [-0.15, -0.1) is 0 Å². The zero-order valence-electron chi connectivity index (χ0n) is 21.4. The molecule has 0 saturated carbocycles. The number of para-hydroxylation sites is 2. The predicted molar refractivity (Wildman–Crippen MR) is 141 cm³/mol. The van der Waals surface area contributed by atoms with Gasteiger partial charge in [-0.05, 0) is 48.9 Å². The van der Waals surface area contributed by atoms with E-state index >= 15 is 0 Å². The van der Waals surface area contributed by atoms with Crippen molar-refractivity contribution in [3.63, 3.8) is 0 Å². The Morgan fingerprint density at radius 2 is 1.54 bits per heavy atom. The van der Waals surface area contributed by atoms with Gasteiger partial charge in [0.25, 0.3) is 0 Å². The molecule has 1 fully saturated rings. The lowest BCUT2D eigenvalue weighted by Crippen LogP contribution is -2.46. The number of aryl methyl sites for hydroxylation is 2. The quantitative estimate of drug-likeness (QED) is 0.344. The molecule has 3 rings (SSSR count). The van der Waals surface area contributed by atoms with Gasteiger partial charge in [0, 0.05) is 31.1 Å². The van der Waals surface area contributed by atoms with Crippen molar-refractivity contribution in [3.05, 3.63) is 59.7 Å². The third kappa shape index (κ3) is 9.49. The van der Waals surface area contributed by atoms with Crippen LogP contribution in [0.15, 0.2) is 48.5 Å². The molecule has 1 saturated heterocycles. The second kappa shape index (κ2) is 14.9. The van der Waals surface area contributed by atoms with Crippen molar-refractivity contribution in [2.75, 3.05) is 51.2 Å². The van der Waals surface area contributed by atoms with Crippen LogP contribution in [-0.4, -0.2) is 70.6 Å². The Morgan fingerprint density at radius 1 is 0.919 bits per heavy atom. The molecule has 2 unspecified atom stereocenters. The second-order valence-corrected chi connectivity index (χ2v) is 8.83. The number of carbonyl (C=O) groups is 3. The highest BCUT2D eigenvalue weighted by Gasteiger charge is 2.21. The van der Waals surface area contributed by atoms with E-state index in [2.05, 4.69) is 26.0 Å². The highest BCUT2D eigenvalue weighted by atomic mass is 16.5. The molecule has 37 heavy (non-hydrogen) atoms. The van der Waals surface area contributed by atoms with E-state index < -0.39 is 6.09 Å². The van der Waals surface area contributed by atoms with Crippen LogP contribution in [0.4, 0.5) is 16.2 Å². The minimum absolute atomic E-state index is 0.0250. The van der Waals surface area contributed by atoms with E-state index in [0.717, 1.165) is 54.7 Å². The van der Waals surface area contributed by atoms with Gasteiger partial charge in [-0.3, -0.25) is 9.59 Å². The highest BCUT2D eigenvalue weighted by molar-refractivity contribution is 5.94. The van der Waals surface area contributed by atoms with Crippen molar-refractivity contribution in [3.8, 4) is 0 Å². The summed E-state index contributed by atoms with van der Waals surface area (Å²) in [5, 5.41) is 11.7. The average Bonchev–Trinajstić information content (AvgIpc) is 2.91. The number of amides is 3. The average molecular weight is 513 g/mol. The maximum absolute atomic E-state index is 12.2. The van der Waals surface area contributed by atoms with Crippen molar-refractivity contribution >= 4 is 29.3 Å². The Bertz CT molecular complexity index is 1040. The lowest BCUT2D eigenvalue weighted by atomic mass is 10.0. The summed E-state index contributed by atoms with van der Waals surface area (Å²) in [5.74, 6) is -0.493. The first-order valence-electron chi connectivity index (χ1n) is 12.4. The number of morpholine rings is 1. The highest BCUT2D eigenvalue weighted by Crippen LogP contribution is 2.21.